The third kappa shape index (κ3) is 2.76. The molecule has 0 bridgehead atoms. The predicted molar refractivity (Wildman–Crippen MR) is 66.8 cm³/mol. The largest absolute Gasteiger partial charge is 0.296 e. The molecule has 0 heterocycles. The Labute approximate surface area is 89.6 Å². The highest BCUT2D eigenvalue weighted by Crippen LogP contribution is 2.19. The van der Waals surface area contributed by atoms with Crippen molar-refractivity contribution in [1.82, 2.24) is 0 Å². The summed E-state index contributed by atoms with van der Waals surface area (Å²) in [6.07, 6.45) is 0. The van der Waals surface area contributed by atoms with Gasteiger partial charge in [-0.15, -0.1) is 0 Å². The van der Waals surface area contributed by atoms with Crippen LogP contribution in [0.3, 0.4) is 0 Å². The Balaban J connectivity index is 2.97. The summed E-state index contributed by atoms with van der Waals surface area (Å²) in [5.41, 5.74) is 0.774. The molecule has 0 aliphatic rings. The number of hydrogen-bond acceptors (Lipinski definition) is 1. The number of carbonyl (C=O) groups is 1. The molecule has 0 aromatic heterocycles. The summed E-state index contributed by atoms with van der Waals surface area (Å²) in [6.45, 7) is 0. The second-order valence-corrected chi connectivity index (χ2v) is 5.00. The highest BCUT2D eigenvalue weighted by Gasteiger charge is 2.22. The second kappa shape index (κ2) is 3.75. The summed E-state index contributed by atoms with van der Waals surface area (Å²) in [5, 5.41) is -0.298. The lowest BCUT2D eigenvalue weighted by Crippen LogP contribution is -2.24. The van der Waals surface area contributed by atoms with Crippen LogP contribution in [0.4, 0.5) is 0 Å². The van der Waals surface area contributed by atoms with Gasteiger partial charge in [0.2, 0.25) is 0 Å². The molecule has 0 saturated heterocycles. The maximum atomic E-state index is 11.8. The average molecular weight is 235 g/mol. The first kappa shape index (κ1) is 10.6. The topological polar surface area (TPSA) is 17.1 Å². The van der Waals surface area contributed by atoms with Gasteiger partial charge in [0.25, 0.3) is 0 Å². The zero-order chi connectivity index (χ0) is 10.1. The van der Waals surface area contributed by atoms with Crippen LogP contribution < -0.4 is 0 Å². The van der Waals surface area contributed by atoms with Gasteiger partial charge in [-0.1, -0.05) is 33.2 Å². The van der Waals surface area contributed by atoms with E-state index in [-0.39, 0.29) is 10.9 Å². The SMILES string of the molecule is BC(B)(B)C(=O)c1ccc(Br)cc1. The van der Waals surface area contributed by atoms with Crippen molar-refractivity contribution in [1.29, 1.82) is 0 Å². The molecule has 1 rings (SSSR count). The predicted octanol–water partition coefficient (Wildman–Crippen LogP) is -0.395. The Morgan fingerprint density at radius 1 is 1.15 bits per heavy atom. The molecule has 13 heavy (non-hydrogen) atoms. The van der Waals surface area contributed by atoms with E-state index < -0.39 is 0 Å². The van der Waals surface area contributed by atoms with Gasteiger partial charge in [-0.3, -0.25) is 4.79 Å². The third-order valence-electron chi connectivity index (χ3n) is 1.79. The van der Waals surface area contributed by atoms with Gasteiger partial charge in [-0.25, -0.2) is 0 Å². The quantitative estimate of drug-likeness (QED) is 0.503. The van der Waals surface area contributed by atoms with E-state index in [1.165, 1.54) is 0 Å². The number of benzene rings is 1. The Morgan fingerprint density at radius 2 is 1.62 bits per heavy atom. The molecule has 0 atom stereocenters. The Kier molecular flexibility index (Phi) is 3.07. The van der Waals surface area contributed by atoms with Crippen LogP contribution in [0.15, 0.2) is 28.7 Å². The van der Waals surface area contributed by atoms with Gasteiger partial charge in [0.05, 0.1) is 23.5 Å². The smallest absolute Gasteiger partial charge is 0.146 e. The molecule has 1 nitrogen and oxygen atoms in total. The number of carbonyl (C=O) groups excluding carboxylic acids is 1. The summed E-state index contributed by atoms with van der Waals surface area (Å²) < 4.78 is 0.998. The van der Waals surface area contributed by atoms with Crippen molar-refractivity contribution in [2.75, 3.05) is 0 Å². The van der Waals surface area contributed by atoms with Crippen LogP contribution in [0.5, 0.6) is 0 Å². The van der Waals surface area contributed by atoms with Gasteiger partial charge in [-0.05, 0) is 12.1 Å². The molecule has 0 unspecified atom stereocenters. The standard InChI is InChI=1S/C8H10B3BrO/c9-8(10,11)7(13)5-1-3-6(12)4-2-5/h1-4H,9-11H2. The first-order valence-electron chi connectivity index (χ1n) is 4.21. The minimum Gasteiger partial charge on any atom is -0.296 e. The molecular formula is C8H10B3BrO. The lowest BCUT2D eigenvalue weighted by Gasteiger charge is -2.16. The van der Waals surface area contributed by atoms with Crippen molar-refractivity contribution in [3.05, 3.63) is 34.3 Å². The minimum atomic E-state index is -0.298. The van der Waals surface area contributed by atoms with Crippen LogP contribution in [0.2, 0.25) is 5.11 Å². The molecule has 0 aliphatic carbocycles. The first-order valence-corrected chi connectivity index (χ1v) is 5.01. The van der Waals surface area contributed by atoms with Crippen molar-refractivity contribution < 1.29 is 4.79 Å². The molecule has 5 heteroatoms. The minimum absolute atomic E-state index is 0.181. The van der Waals surface area contributed by atoms with Crippen LogP contribution in [-0.2, 0) is 0 Å². The highest BCUT2D eigenvalue weighted by molar-refractivity contribution is 9.10. The first-order chi connectivity index (χ1) is 5.91. The molecule has 1 aromatic rings. The van der Waals surface area contributed by atoms with Gasteiger partial charge in [-0.2, -0.15) is 0 Å². The molecule has 1 aromatic carbocycles. The van der Waals surface area contributed by atoms with Crippen molar-refractivity contribution >= 4 is 45.3 Å². The van der Waals surface area contributed by atoms with Gasteiger partial charge in [0, 0.05) is 10.0 Å². The number of ketones is 1. The lowest BCUT2D eigenvalue weighted by molar-refractivity contribution is 0.0993. The maximum absolute atomic E-state index is 11.8. The molecule has 0 fully saturated rings. The van der Waals surface area contributed by atoms with E-state index in [1.807, 2.05) is 47.8 Å². The maximum Gasteiger partial charge on any atom is 0.146 e. The Morgan fingerprint density at radius 3 is 2.00 bits per heavy atom. The van der Waals surface area contributed by atoms with E-state index in [0.29, 0.717) is 0 Å². The molecular weight excluding hydrogens is 224 g/mol. The fourth-order valence-corrected chi connectivity index (χ4v) is 1.30. The van der Waals surface area contributed by atoms with E-state index in [9.17, 15) is 4.79 Å². The molecule has 0 radical (unpaired) electrons. The van der Waals surface area contributed by atoms with Crippen LogP contribution in [0.1, 0.15) is 10.4 Å². The van der Waals surface area contributed by atoms with E-state index >= 15 is 0 Å². The number of hydrogen-bond donors (Lipinski definition) is 0. The molecule has 0 saturated carbocycles. The van der Waals surface area contributed by atoms with Crippen LogP contribution in [-0.4, -0.2) is 29.3 Å². The molecule has 64 valence electrons. The summed E-state index contributed by atoms with van der Waals surface area (Å²) in [4.78, 5) is 11.8. The zero-order valence-corrected chi connectivity index (χ0v) is 9.68. The summed E-state index contributed by atoms with van der Waals surface area (Å²) >= 11 is 3.33. The van der Waals surface area contributed by atoms with Gasteiger partial charge in [0.15, 0.2) is 0 Å². The molecule has 0 N–H and O–H groups in total. The monoisotopic (exact) mass is 234 g/mol. The van der Waals surface area contributed by atoms with Crippen molar-refractivity contribution in [3.8, 4) is 0 Å². The highest BCUT2D eigenvalue weighted by atomic mass is 79.9. The van der Waals surface area contributed by atoms with E-state index in [1.54, 1.807) is 0 Å². The van der Waals surface area contributed by atoms with Crippen molar-refractivity contribution in [2.45, 2.75) is 5.11 Å². The Bertz CT molecular complexity index is 315. The molecule has 0 aliphatic heterocycles. The Hall–Kier alpha value is -0.435. The van der Waals surface area contributed by atoms with E-state index in [4.69, 9.17) is 0 Å². The fourth-order valence-electron chi connectivity index (χ4n) is 1.03. The van der Waals surface area contributed by atoms with Gasteiger partial charge >= 0.3 is 0 Å². The number of halogens is 1. The van der Waals surface area contributed by atoms with Crippen LogP contribution in [0.25, 0.3) is 0 Å². The number of rotatable bonds is 2. The summed E-state index contributed by atoms with van der Waals surface area (Å²) in [7, 11) is 5.78. The summed E-state index contributed by atoms with van der Waals surface area (Å²) in [5.74, 6) is 0.181. The normalized spacial score (nSPS) is 11.2. The molecule has 0 amide bonds. The average Bonchev–Trinajstić information content (AvgIpc) is 2.03. The summed E-state index contributed by atoms with van der Waals surface area (Å²) in [6, 6.07) is 7.47. The third-order valence-corrected chi connectivity index (χ3v) is 2.32. The fraction of sp³-hybridized carbons (Fsp3) is 0.125. The lowest BCUT2D eigenvalue weighted by atomic mass is 9.40. The second-order valence-electron chi connectivity index (χ2n) is 4.09. The van der Waals surface area contributed by atoms with E-state index in [0.717, 1.165) is 10.0 Å². The van der Waals surface area contributed by atoms with Crippen LogP contribution >= 0.6 is 15.9 Å². The van der Waals surface area contributed by atoms with Crippen molar-refractivity contribution in [3.63, 3.8) is 0 Å². The number of Topliss-reactive ketones (excluding diaryl/α,β-unsaturated/α-hetero) is 1. The molecule has 0 spiro atoms. The van der Waals surface area contributed by atoms with Crippen molar-refractivity contribution in [2.24, 2.45) is 0 Å². The van der Waals surface area contributed by atoms with E-state index in [2.05, 4.69) is 15.9 Å². The van der Waals surface area contributed by atoms with Crippen LogP contribution in [0, 0.1) is 0 Å². The van der Waals surface area contributed by atoms with Gasteiger partial charge < -0.3 is 0 Å². The van der Waals surface area contributed by atoms with Gasteiger partial charge in [0.1, 0.15) is 5.78 Å². The zero-order valence-electron chi connectivity index (χ0n) is 8.10.